The van der Waals surface area contributed by atoms with E-state index in [-0.39, 0.29) is 16.1 Å². The van der Waals surface area contributed by atoms with Gasteiger partial charge in [0, 0.05) is 12.0 Å². The monoisotopic (exact) mass is 386 g/mol. The number of aryl methyl sites for hydroxylation is 1. The van der Waals surface area contributed by atoms with E-state index in [0.29, 0.717) is 5.78 Å². The lowest BCUT2D eigenvalue weighted by molar-refractivity contribution is -0.0517. The Balaban J connectivity index is 0.000000307. The van der Waals surface area contributed by atoms with Crippen LogP contribution < -0.4 is 4.74 Å². The van der Waals surface area contributed by atoms with Crippen LogP contribution in [-0.2, 0) is 27.4 Å². The second-order valence-electron chi connectivity index (χ2n) is 5.19. The Kier molecular flexibility index (Phi) is 6.71. The average Bonchev–Trinajstić information content (AvgIpc) is 2.45. The fourth-order valence-electron chi connectivity index (χ4n) is 2.19. The molecule has 0 spiro atoms. The van der Waals surface area contributed by atoms with Gasteiger partial charge in [-0.25, -0.2) is 8.42 Å². The van der Waals surface area contributed by atoms with Gasteiger partial charge in [-0.2, -0.15) is 13.2 Å². The van der Waals surface area contributed by atoms with Gasteiger partial charge < -0.3 is 9.29 Å². The minimum atomic E-state index is -6.09. The number of Topliss-reactive ketones (excluding diaryl/α,β-unsaturated/α-hetero) is 1. The molecule has 0 amide bonds. The van der Waals surface area contributed by atoms with Crippen LogP contribution >= 0.6 is 0 Å². The van der Waals surface area contributed by atoms with Gasteiger partial charge in [-0.15, -0.1) is 0 Å². The minimum Gasteiger partial charge on any atom is -0.741 e. The molecule has 10 heteroatoms. The summed E-state index contributed by atoms with van der Waals surface area (Å²) >= 11 is 0. The van der Waals surface area contributed by atoms with Gasteiger partial charge in [-0.05, 0) is 41.1 Å². The molecule has 0 aliphatic heterocycles. The van der Waals surface area contributed by atoms with E-state index in [2.05, 4.69) is 12.5 Å². The van der Waals surface area contributed by atoms with E-state index < -0.39 is 15.6 Å². The minimum absolute atomic E-state index is 0.173. The van der Waals surface area contributed by atoms with Crippen molar-refractivity contribution in [2.45, 2.75) is 23.6 Å². The summed E-state index contributed by atoms with van der Waals surface area (Å²) in [6, 6.07) is 5.78. The smallest absolute Gasteiger partial charge is 0.485 e. The van der Waals surface area contributed by atoms with Crippen molar-refractivity contribution in [2.24, 2.45) is 0 Å². The quantitative estimate of drug-likeness (QED) is 0.442. The van der Waals surface area contributed by atoms with Gasteiger partial charge >= 0.3 is 5.51 Å². The molecule has 5 nitrogen and oxygen atoms in total. The fourth-order valence-corrected chi connectivity index (χ4v) is 3.33. The number of ketones is 1. The van der Waals surface area contributed by atoms with Crippen molar-refractivity contribution in [3.05, 3.63) is 29.3 Å². The predicted octanol–water partition coefficient (Wildman–Crippen LogP) is 2.12. The molecule has 2 rings (SSSR count). The zero-order valence-electron chi connectivity index (χ0n) is 13.2. The Bertz CT molecular complexity index is 699. The summed E-state index contributed by atoms with van der Waals surface area (Å²) in [6.07, 6.45) is 6.28. The topological polar surface area (TPSA) is 83.5 Å². The summed E-state index contributed by atoms with van der Waals surface area (Å²) in [7, 11) is -4.26. The van der Waals surface area contributed by atoms with Crippen molar-refractivity contribution in [2.75, 3.05) is 19.6 Å². The second kappa shape index (κ2) is 7.75. The van der Waals surface area contributed by atoms with Crippen molar-refractivity contribution in [1.29, 1.82) is 0 Å². The fraction of sp³-hybridized carbons (Fsp3) is 0.500. The molecule has 0 saturated carbocycles. The highest BCUT2D eigenvalue weighted by Gasteiger charge is 2.37. The first kappa shape index (κ1) is 20.8. The Morgan fingerprint density at radius 1 is 1.29 bits per heavy atom. The molecule has 1 aliphatic rings. The number of hydrogen-bond donors (Lipinski definition) is 0. The van der Waals surface area contributed by atoms with Gasteiger partial charge in [-0.3, -0.25) is 4.79 Å². The molecule has 136 valence electrons. The number of hydrogen-bond acceptors (Lipinski definition) is 5. The van der Waals surface area contributed by atoms with E-state index in [1.54, 1.807) is 7.11 Å². The highest BCUT2D eigenvalue weighted by molar-refractivity contribution is 7.96. The SMILES string of the molecule is COc1ccc2c(c1)CCC([S+](C)C)C2=O.O=S(=O)([O-])C(F)(F)F. The first-order chi connectivity index (χ1) is 10.9. The van der Waals surface area contributed by atoms with Crippen LogP contribution in [0, 0.1) is 0 Å². The molecular formula is C14H17F3O5S2. The summed E-state index contributed by atoms with van der Waals surface area (Å²) < 4.78 is 64.1. The predicted molar refractivity (Wildman–Crippen MR) is 84.4 cm³/mol. The normalized spacial score (nSPS) is 17.8. The molecule has 0 N–H and O–H groups in total. The van der Waals surface area contributed by atoms with Crippen LogP contribution in [0.4, 0.5) is 13.2 Å². The largest absolute Gasteiger partial charge is 0.741 e. The standard InChI is InChI=1S/C13H17O2S.CHF3O3S/c1-15-10-5-6-11-9(8-10)4-7-12(13(11)14)16(2)3;2-1(3,4)8(5,6)7/h5-6,8,12H,4,7H2,1-3H3;(H,5,6,7)/q+1;/p-1. The second-order valence-corrected chi connectivity index (χ2v) is 8.89. The molecule has 0 radical (unpaired) electrons. The molecule has 0 heterocycles. The number of benzene rings is 1. The Morgan fingerprint density at radius 3 is 2.25 bits per heavy atom. The van der Waals surface area contributed by atoms with Gasteiger partial charge in [0.2, 0.25) is 5.78 Å². The van der Waals surface area contributed by atoms with Gasteiger partial charge in [0.15, 0.2) is 15.4 Å². The number of rotatable bonds is 2. The van der Waals surface area contributed by atoms with E-state index in [4.69, 9.17) is 17.7 Å². The van der Waals surface area contributed by atoms with Crippen LogP contribution in [0.1, 0.15) is 22.3 Å². The van der Waals surface area contributed by atoms with E-state index in [1.807, 2.05) is 18.2 Å². The molecule has 0 fully saturated rings. The lowest BCUT2D eigenvalue weighted by atomic mass is 9.90. The number of fused-ring (bicyclic) bond motifs is 1. The molecule has 1 aliphatic carbocycles. The summed E-state index contributed by atoms with van der Waals surface area (Å²) in [6.45, 7) is 0. The third-order valence-corrected chi connectivity index (χ3v) is 5.55. The number of ether oxygens (including phenoxy) is 1. The third-order valence-electron chi connectivity index (χ3n) is 3.40. The Labute approximate surface area is 141 Å². The van der Waals surface area contributed by atoms with Crippen molar-refractivity contribution in [3.63, 3.8) is 0 Å². The van der Waals surface area contributed by atoms with Gasteiger partial charge in [-0.1, -0.05) is 0 Å². The number of alkyl halides is 3. The first-order valence-electron chi connectivity index (χ1n) is 6.68. The molecule has 0 aromatic heterocycles. The molecule has 1 aromatic carbocycles. The van der Waals surface area contributed by atoms with Crippen LogP contribution in [-0.4, -0.2) is 49.1 Å². The van der Waals surface area contributed by atoms with Crippen LogP contribution in [0.3, 0.4) is 0 Å². The summed E-state index contributed by atoms with van der Waals surface area (Å²) in [5.41, 5.74) is -3.60. The van der Waals surface area contributed by atoms with Crippen molar-refractivity contribution < 1.29 is 35.7 Å². The molecular weight excluding hydrogens is 369 g/mol. The molecule has 24 heavy (non-hydrogen) atoms. The number of methoxy groups -OCH3 is 1. The van der Waals surface area contributed by atoms with E-state index in [1.165, 1.54) is 0 Å². The summed E-state index contributed by atoms with van der Waals surface area (Å²) in [4.78, 5) is 12.2. The van der Waals surface area contributed by atoms with Crippen LogP contribution in [0.25, 0.3) is 0 Å². The third kappa shape index (κ3) is 5.12. The van der Waals surface area contributed by atoms with E-state index in [0.717, 1.165) is 29.7 Å². The lowest BCUT2D eigenvalue weighted by Gasteiger charge is -2.21. The zero-order valence-corrected chi connectivity index (χ0v) is 14.8. The zero-order chi connectivity index (χ0) is 18.7. The number of halogens is 3. The molecule has 1 atom stereocenters. The molecule has 1 aromatic rings. The van der Waals surface area contributed by atoms with E-state index in [9.17, 15) is 18.0 Å². The van der Waals surface area contributed by atoms with Crippen molar-refractivity contribution in [3.8, 4) is 5.75 Å². The van der Waals surface area contributed by atoms with Crippen molar-refractivity contribution >= 4 is 26.8 Å². The lowest BCUT2D eigenvalue weighted by Crippen LogP contribution is -2.33. The molecule has 1 unspecified atom stereocenters. The van der Waals surface area contributed by atoms with Crippen molar-refractivity contribution in [1.82, 2.24) is 0 Å². The first-order valence-corrected chi connectivity index (χ1v) is 10.2. The Hall–Kier alpha value is -1.26. The van der Waals surface area contributed by atoms with Crippen LogP contribution in [0.5, 0.6) is 5.75 Å². The maximum atomic E-state index is 12.2. The van der Waals surface area contributed by atoms with Crippen LogP contribution in [0.2, 0.25) is 0 Å². The van der Waals surface area contributed by atoms with Gasteiger partial charge in [0.25, 0.3) is 0 Å². The Morgan fingerprint density at radius 2 is 1.83 bits per heavy atom. The highest BCUT2D eigenvalue weighted by atomic mass is 32.2. The van der Waals surface area contributed by atoms with Gasteiger partial charge in [0.1, 0.15) is 5.75 Å². The van der Waals surface area contributed by atoms with Gasteiger partial charge in [0.05, 0.1) is 19.6 Å². The van der Waals surface area contributed by atoms with E-state index >= 15 is 0 Å². The molecule has 0 saturated heterocycles. The highest BCUT2D eigenvalue weighted by Crippen LogP contribution is 2.28. The number of carbonyl (C=O) groups is 1. The molecule has 0 bridgehead atoms. The number of carbonyl (C=O) groups excluding carboxylic acids is 1. The maximum absolute atomic E-state index is 12.2. The summed E-state index contributed by atoms with van der Waals surface area (Å²) in [5, 5.41) is 0.223. The maximum Gasteiger partial charge on any atom is 0.485 e. The summed E-state index contributed by atoms with van der Waals surface area (Å²) in [5.74, 6) is 1.16. The average molecular weight is 386 g/mol. The van der Waals surface area contributed by atoms with Crippen LogP contribution in [0.15, 0.2) is 18.2 Å².